The minimum absolute atomic E-state index is 0.0763. The summed E-state index contributed by atoms with van der Waals surface area (Å²) in [6.07, 6.45) is 0. The van der Waals surface area contributed by atoms with Gasteiger partial charge in [-0.1, -0.05) is 0 Å². The zero-order valence-electron chi connectivity index (χ0n) is 8.40. The van der Waals surface area contributed by atoms with Gasteiger partial charge in [-0.3, -0.25) is 4.79 Å². The van der Waals surface area contributed by atoms with Gasteiger partial charge in [0.1, 0.15) is 11.6 Å². The first-order chi connectivity index (χ1) is 7.06. The lowest BCUT2D eigenvalue weighted by Crippen LogP contribution is -2.31. The number of rotatable bonds is 3. The fourth-order valence-electron chi connectivity index (χ4n) is 1.19. The van der Waals surface area contributed by atoms with Gasteiger partial charge < -0.3 is 15.7 Å². The van der Waals surface area contributed by atoms with Gasteiger partial charge in [0.05, 0.1) is 5.56 Å². The Morgan fingerprint density at radius 3 is 2.80 bits per heavy atom. The van der Waals surface area contributed by atoms with E-state index < -0.39 is 5.82 Å². The van der Waals surface area contributed by atoms with Crippen LogP contribution in [-0.4, -0.2) is 36.1 Å². The third kappa shape index (κ3) is 2.66. The lowest BCUT2D eigenvalue weighted by Gasteiger charge is -2.16. The molecule has 0 saturated heterocycles. The molecule has 15 heavy (non-hydrogen) atoms. The molecule has 0 atom stereocenters. The van der Waals surface area contributed by atoms with Crippen LogP contribution in [0.25, 0.3) is 0 Å². The van der Waals surface area contributed by atoms with Gasteiger partial charge in [0, 0.05) is 26.2 Å². The number of carbonyl (C=O) groups is 1. The summed E-state index contributed by atoms with van der Waals surface area (Å²) >= 11 is 0. The number of nitrogens with zero attached hydrogens (tertiary/aromatic N) is 1. The predicted octanol–water partition coefficient (Wildman–Crippen LogP) is 0.562. The second kappa shape index (κ2) is 4.75. The van der Waals surface area contributed by atoms with Crippen molar-refractivity contribution in [2.45, 2.75) is 0 Å². The second-order valence-corrected chi connectivity index (χ2v) is 3.18. The fourth-order valence-corrected chi connectivity index (χ4v) is 1.19. The van der Waals surface area contributed by atoms with Crippen LogP contribution in [0.2, 0.25) is 0 Å². The van der Waals surface area contributed by atoms with E-state index in [1.54, 1.807) is 7.05 Å². The van der Waals surface area contributed by atoms with Crippen LogP contribution in [0.5, 0.6) is 5.75 Å². The first-order valence-corrected chi connectivity index (χ1v) is 4.50. The molecule has 0 aliphatic heterocycles. The van der Waals surface area contributed by atoms with E-state index in [9.17, 15) is 14.3 Å². The summed E-state index contributed by atoms with van der Waals surface area (Å²) in [6.45, 7) is 0.722. The van der Waals surface area contributed by atoms with Crippen LogP contribution in [0.3, 0.4) is 0 Å². The summed E-state index contributed by atoms with van der Waals surface area (Å²) in [5.74, 6) is -1.31. The molecule has 0 radical (unpaired) electrons. The van der Waals surface area contributed by atoms with E-state index >= 15 is 0 Å². The Bertz CT molecular complexity index is 368. The number of aromatic hydroxyl groups is 1. The first kappa shape index (κ1) is 11.5. The highest BCUT2D eigenvalue weighted by molar-refractivity contribution is 5.96. The van der Waals surface area contributed by atoms with Gasteiger partial charge in [-0.25, -0.2) is 4.39 Å². The molecule has 1 aromatic rings. The van der Waals surface area contributed by atoms with Crippen molar-refractivity contribution in [3.8, 4) is 5.75 Å². The molecule has 0 heterocycles. The highest BCUT2D eigenvalue weighted by Gasteiger charge is 2.15. The Hall–Kier alpha value is -1.62. The molecule has 1 rings (SSSR count). The molecular formula is C10H13FN2O2. The van der Waals surface area contributed by atoms with Gasteiger partial charge in [0.25, 0.3) is 5.91 Å². The average Bonchev–Trinajstić information content (AvgIpc) is 2.17. The Kier molecular flexibility index (Phi) is 3.62. The van der Waals surface area contributed by atoms with Crippen molar-refractivity contribution in [1.82, 2.24) is 4.90 Å². The summed E-state index contributed by atoms with van der Waals surface area (Å²) < 4.78 is 12.7. The number of benzene rings is 1. The number of hydrogen-bond acceptors (Lipinski definition) is 3. The van der Waals surface area contributed by atoms with Crippen molar-refractivity contribution in [3.05, 3.63) is 29.6 Å². The van der Waals surface area contributed by atoms with Crippen molar-refractivity contribution >= 4 is 5.91 Å². The summed E-state index contributed by atoms with van der Waals surface area (Å²) in [5.41, 5.74) is 5.37. The molecule has 0 aliphatic carbocycles. The van der Waals surface area contributed by atoms with E-state index in [0.29, 0.717) is 13.1 Å². The third-order valence-corrected chi connectivity index (χ3v) is 2.00. The molecule has 3 N–H and O–H groups in total. The molecule has 1 aromatic carbocycles. The molecule has 82 valence electrons. The minimum Gasteiger partial charge on any atom is -0.507 e. The Morgan fingerprint density at radius 2 is 2.27 bits per heavy atom. The monoisotopic (exact) mass is 212 g/mol. The maximum atomic E-state index is 12.7. The summed E-state index contributed by atoms with van der Waals surface area (Å²) in [4.78, 5) is 13.0. The van der Waals surface area contributed by atoms with E-state index in [4.69, 9.17) is 5.73 Å². The van der Waals surface area contributed by atoms with Gasteiger partial charge in [-0.15, -0.1) is 0 Å². The van der Waals surface area contributed by atoms with Crippen LogP contribution in [0, 0.1) is 5.82 Å². The van der Waals surface area contributed by atoms with Crippen LogP contribution in [0.4, 0.5) is 4.39 Å². The topological polar surface area (TPSA) is 66.6 Å². The van der Waals surface area contributed by atoms with Crippen LogP contribution >= 0.6 is 0 Å². The molecule has 5 heteroatoms. The predicted molar refractivity (Wildman–Crippen MR) is 54.1 cm³/mol. The van der Waals surface area contributed by atoms with Crippen molar-refractivity contribution in [2.24, 2.45) is 5.73 Å². The Balaban J connectivity index is 2.91. The van der Waals surface area contributed by atoms with Crippen molar-refractivity contribution in [2.75, 3.05) is 20.1 Å². The summed E-state index contributed by atoms with van der Waals surface area (Å²) in [7, 11) is 1.57. The molecule has 0 aromatic heterocycles. The number of hydrogen-bond donors (Lipinski definition) is 2. The van der Waals surface area contributed by atoms with Gasteiger partial charge in [0.15, 0.2) is 0 Å². The van der Waals surface area contributed by atoms with Gasteiger partial charge >= 0.3 is 0 Å². The number of halogens is 1. The maximum absolute atomic E-state index is 12.7. The van der Waals surface area contributed by atoms with E-state index in [2.05, 4.69) is 0 Å². The molecule has 1 amide bonds. The third-order valence-electron chi connectivity index (χ3n) is 2.00. The summed E-state index contributed by atoms with van der Waals surface area (Å²) in [6, 6.07) is 3.28. The van der Waals surface area contributed by atoms with E-state index in [1.165, 1.54) is 11.0 Å². The molecular weight excluding hydrogens is 199 g/mol. The van der Waals surface area contributed by atoms with Crippen LogP contribution in [0.15, 0.2) is 18.2 Å². The smallest absolute Gasteiger partial charge is 0.257 e. The van der Waals surface area contributed by atoms with Gasteiger partial charge in [-0.05, 0) is 12.1 Å². The van der Waals surface area contributed by atoms with Crippen LogP contribution < -0.4 is 5.73 Å². The molecule has 0 unspecified atom stereocenters. The fraction of sp³-hybridized carbons (Fsp3) is 0.300. The zero-order valence-corrected chi connectivity index (χ0v) is 8.40. The SMILES string of the molecule is CN(CCN)C(=O)c1ccc(F)cc1O. The average molecular weight is 212 g/mol. The van der Waals surface area contributed by atoms with E-state index in [-0.39, 0.29) is 17.2 Å². The molecule has 0 saturated carbocycles. The number of amides is 1. The number of likely N-dealkylation sites (N-methyl/N-ethyl adjacent to an activating group) is 1. The highest BCUT2D eigenvalue weighted by Crippen LogP contribution is 2.19. The number of nitrogens with two attached hydrogens (primary N) is 1. The molecule has 4 nitrogen and oxygen atoms in total. The van der Waals surface area contributed by atoms with E-state index in [1.807, 2.05) is 0 Å². The molecule has 0 aliphatic rings. The van der Waals surface area contributed by atoms with Crippen LogP contribution in [-0.2, 0) is 0 Å². The standard InChI is InChI=1S/C10H13FN2O2/c1-13(5-4-12)10(15)8-3-2-7(11)6-9(8)14/h2-3,6,14H,4-5,12H2,1H3. The first-order valence-electron chi connectivity index (χ1n) is 4.50. The number of phenolic OH excluding ortho intramolecular Hbond substituents is 1. The largest absolute Gasteiger partial charge is 0.507 e. The second-order valence-electron chi connectivity index (χ2n) is 3.18. The van der Waals surface area contributed by atoms with Crippen molar-refractivity contribution in [3.63, 3.8) is 0 Å². The summed E-state index contributed by atoms with van der Waals surface area (Å²) in [5, 5.41) is 9.36. The minimum atomic E-state index is -0.578. The molecule has 0 bridgehead atoms. The van der Waals surface area contributed by atoms with Gasteiger partial charge in [0.2, 0.25) is 0 Å². The Labute approximate surface area is 87.1 Å². The quantitative estimate of drug-likeness (QED) is 0.769. The maximum Gasteiger partial charge on any atom is 0.257 e. The Morgan fingerprint density at radius 1 is 1.60 bits per heavy atom. The lowest BCUT2D eigenvalue weighted by atomic mass is 10.1. The van der Waals surface area contributed by atoms with E-state index in [0.717, 1.165) is 12.1 Å². The number of carbonyl (C=O) groups excluding carboxylic acids is 1. The molecule has 0 fully saturated rings. The van der Waals surface area contributed by atoms with Crippen molar-refractivity contribution in [1.29, 1.82) is 0 Å². The lowest BCUT2D eigenvalue weighted by molar-refractivity contribution is 0.0796. The zero-order chi connectivity index (χ0) is 11.4. The van der Waals surface area contributed by atoms with Crippen molar-refractivity contribution < 1.29 is 14.3 Å². The number of phenols is 1. The normalized spacial score (nSPS) is 10.1. The molecule has 0 spiro atoms. The van der Waals surface area contributed by atoms with Gasteiger partial charge in [-0.2, -0.15) is 0 Å². The van der Waals surface area contributed by atoms with Crippen LogP contribution in [0.1, 0.15) is 10.4 Å². The highest BCUT2D eigenvalue weighted by atomic mass is 19.1.